The molecule has 2 aliphatic rings. The molecular weight excluding hydrogens is 324 g/mol. The number of anilines is 1. The van der Waals surface area contributed by atoms with Crippen molar-refractivity contribution in [3.05, 3.63) is 18.6 Å². The van der Waals surface area contributed by atoms with Crippen LogP contribution in [-0.2, 0) is 0 Å². The molecule has 3 heterocycles. The fourth-order valence-electron chi connectivity index (χ4n) is 4.05. The number of rotatable bonds is 4. The lowest BCUT2D eigenvalue weighted by atomic mass is 10.0. The van der Waals surface area contributed by atoms with Gasteiger partial charge >= 0.3 is 0 Å². The van der Waals surface area contributed by atoms with Crippen molar-refractivity contribution in [3.63, 3.8) is 0 Å². The summed E-state index contributed by atoms with van der Waals surface area (Å²) in [5, 5.41) is 20.9. The quantitative estimate of drug-likeness (QED) is 0.320. The van der Waals surface area contributed by atoms with Gasteiger partial charge in [0.1, 0.15) is 17.8 Å². The summed E-state index contributed by atoms with van der Waals surface area (Å²) in [7, 11) is 0. The largest absolute Gasteiger partial charge is 0.367 e. The third kappa shape index (κ3) is 3.06. The number of fused-ring (bicyclic) bond motifs is 2. The molecule has 0 amide bonds. The number of nitrogens with one attached hydrogen (secondary N) is 4. The summed E-state index contributed by atoms with van der Waals surface area (Å²) < 4.78 is 0. The van der Waals surface area contributed by atoms with Crippen LogP contribution in [0.2, 0.25) is 0 Å². The van der Waals surface area contributed by atoms with E-state index in [1.54, 1.807) is 6.33 Å². The van der Waals surface area contributed by atoms with Gasteiger partial charge in [-0.25, -0.2) is 9.97 Å². The average Bonchev–Trinajstić information content (AvgIpc) is 3.27. The molecule has 128 valence electrons. The summed E-state index contributed by atoms with van der Waals surface area (Å²) in [6.07, 6.45) is 5.84. The molecule has 0 radical (unpaired) electrons. The van der Waals surface area contributed by atoms with Crippen LogP contribution >= 0.6 is 11.9 Å². The molecule has 2 aromatic rings. The molecule has 3 atom stereocenters. The fraction of sp³-hybridized carbons (Fsp3) is 0.533. The zero-order valence-corrected chi connectivity index (χ0v) is 14.1. The number of nitrogens with two attached hydrogens (primary N) is 1. The van der Waals surface area contributed by atoms with E-state index in [1.807, 2.05) is 12.3 Å². The molecule has 0 aromatic carbocycles. The molecule has 4 rings (SSSR count). The maximum atomic E-state index is 7.55. The molecule has 6 N–H and O–H groups in total. The SMILES string of the molecule is N=C(NCN1C[C@H]2C[C@H](Nc3ncnc4[nH]ccc34)C[C@H]2C1)SN. The monoisotopic (exact) mass is 346 g/mol. The van der Waals surface area contributed by atoms with Gasteiger partial charge in [0.05, 0.1) is 12.1 Å². The van der Waals surface area contributed by atoms with Crippen molar-refractivity contribution in [3.8, 4) is 0 Å². The Morgan fingerprint density at radius 1 is 1.38 bits per heavy atom. The summed E-state index contributed by atoms with van der Waals surface area (Å²) in [4.78, 5) is 14.2. The minimum atomic E-state index is 0.325. The van der Waals surface area contributed by atoms with E-state index in [1.165, 1.54) is 12.8 Å². The Hall–Kier alpha value is -1.84. The van der Waals surface area contributed by atoms with Gasteiger partial charge in [-0.15, -0.1) is 0 Å². The van der Waals surface area contributed by atoms with Crippen LogP contribution in [0.4, 0.5) is 5.82 Å². The van der Waals surface area contributed by atoms with Gasteiger partial charge in [0.25, 0.3) is 0 Å². The lowest BCUT2D eigenvalue weighted by Crippen LogP contribution is -2.36. The molecule has 1 saturated heterocycles. The normalized spacial score (nSPS) is 26.6. The first kappa shape index (κ1) is 15.7. The number of hydrogen-bond acceptors (Lipinski definition) is 7. The molecule has 1 aliphatic carbocycles. The molecular formula is C15H22N8S. The molecule has 0 bridgehead atoms. The second kappa shape index (κ2) is 6.58. The second-order valence-electron chi connectivity index (χ2n) is 6.61. The maximum Gasteiger partial charge on any atom is 0.169 e. The smallest absolute Gasteiger partial charge is 0.169 e. The van der Waals surface area contributed by atoms with Crippen LogP contribution in [-0.4, -0.2) is 50.8 Å². The van der Waals surface area contributed by atoms with E-state index in [2.05, 4.69) is 30.5 Å². The lowest BCUT2D eigenvalue weighted by Gasteiger charge is -2.20. The molecule has 1 saturated carbocycles. The number of amidine groups is 1. The zero-order chi connectivity index (χ0) is 16.5. The van der Waals surface area contributed by atoms with E-state index in [4.69, 9.17) is 10.5 Å². The summed E-state index contributed by atoms with van der Waals surface area (Å²) >= 11 is 0.954. The van der Waals surface area contributed by atoms with Gasteiger partial charge in [-0.05, 0) is 42.7 Å². The summed E-state index contributed by atoms with van der Waals surface area (Å²) in [5.41, 5.74) is 0.878. The van der Waals surface area contributed by atoms with Gasteiger partial charge in [0, 0.05) is 25.3 Å². The number of aromatic amines is 1. The van der Waals surface area contributed by atoms with Gasteiger partial charge in [-0.2, -0.15) is 0 Å². The van der Waals surface area contributed by atoms with E-state index in [9.17, 15) is 0 Å². The third-order valence-electron chi connectivity index (χ3n) is 5.10. The number of aromatic nitrogens is 3. The van der Waals surface area contributed by atoms with Gasteiger partial charge < -0.3 is 15.6 Å². The zero-order valence-electron chi connectivity index (χ0n) is 13.3. The Morgan fingerprint density at radius 3 is 2.92 bits per heavy atom. The van der Waals surface area contributed by atoms with Crippen molar-refractivity contribution in [2.75, 3.05) is 25.1 Å². The lowest BCUT2D eigenvalue weighted by molar-refractivity contribution is 0.304. The Balaban J connectivity index is 1.33. The van der Waals surface area contributed by atoms with Crippen LogP contribution in [0, 0.1) is 17.2 Å². The Kier molecular flexibility index (Phi) is 4.30. The summed E-state index contributed by atoms with van der Waals surface area (Å²) in [6.45, 7) is 2.88. The number of H-pyrrole nitrogens is 1. The van der Waals surface area contributed by atoms with Gasteiger partial charge in [0.15, 0.2) is 5.17 Å². The Morgan fingerprint density at radius 2 is 2.17 bits per heavy atom. The van der Waals surface area contributed by atoms with Crippen molar-refractivity contribution >= 4 is 34.0 Å². The van der Waals surface area contributed by atoms with Crippen LogP contribution in [0.15, 0.2) is 18.6 Å². The first-order valence-corrected chi connectivity index (χ1v) is 9.07. The van der Waals surface area contributed by atoms with Crippen LogP contribution in [0.5, 0.6) is 0 Å². The van der Waals surface area contributed by atoms with Gasteiger partial charge in [0.2, 0.25) is 0 Å². The van der Waals surface area contributed by atoms with Crippen LogP contribution in [0.25, 0.3) is 11.0 Å². The highest BCUT2D eigenvalue weighted by atomic mass is 32.2. The first-order chi connectivity index (χ1) is 11.7. The maximum absolute atomic E-state index is 7.55. The van der Waals surface area contributed by atoms with E-state index in [-0.39, 0.29) is 0 Å². The molecule has 8 nitrogen and oxygen atoms in total. The fourth-order valence-corrected chi connectivity index (χ4v) is 4.20. The topological polar surface area (TPSA) is 119 Å². The number of hydrogen-bond donors (Lipinski definition) is 5. The van der Waals surface area contributed by atoms with Crippen molar-refractivity contribution < 1.29 is 0 Å². The van der Waals surface area contributed by atoms with Crippen molar-refractivity contribution in [2.45, 2.75) is 18.9 Å². The van der Waals surface area contributed by atoms with Crippen molar-refractivity contribution in [1.29, 1.82) is 5.41 Å². The van der Waals surface area contributed by atoms with Crippen LogP contribution < -0.4 is 15.8 Å². The Labute approximate surface area is 144 Å². The minimum absolute atomic E-state index is 0.325. The minimum Gasteiger partial charge on any atom is -0.367 e. The summed E-state index contributed by atoms with van der Waals surface area (Å²) in [6, 6.07) is 2.49. The standard InChI is InChI=1S/C15H22N8S/c16-15(24-17)21-8-23-5-9-3-11(4-10(9)6-23)22-14-12-1-2-18-13(12)19-7-20-14/h1-2,7,9-11H,3-6,8,17H2,(H2,16,21)(H2,18,19,20,22)/t9-,10+,11+. The highest BCUT2D eigenvalue weighted by Crippen LogP contribution is 2.39. The van der Waals surface area contributed by atoms with Crippen molar-refractivity contribution in [1.82, 2.24) is 25.2 Å². The summed E-state index contributed by atoms with van der Waals surface area (Å²) in [5.74, 6) is 2.36. The van der Waals surface area contributed by atoms with Gasteiger partial charge in [-0.1, -0.05) is 0 Å². The molecule has 0 spiro atoms. The molecule has 2 aromatic heterocycles. The molecule has 2 fully saturated rings. The highest BCUT2D eigenvalue weighted by molar-refractivity contribution is 8.11. The van der Waals surface area contributed by atoms with E-state index in [0.717, 1.165) is 41.9 Å². The average molecular weight is 346 g/mol. The molecule has 1 aliphatic heterocycles. The second-order valence-corrected chi connectivity index (χ2v) is 7.26. The van der Waals surface area contributed by atoms with Crippen molar-refractivity contribution in [2.24, 2.45) is 17.0 Å². The Bertz CT molecular complexity index is 717. The number of nitrogens with zero attached hydrogens (tertiary/aromatic N) is 3. The van der Waals surface area contributed by atoms with E-state index >= 15 is 0 Å². The van der Waals surface area contributed by atoms with Gasteiger partial charge in [-0.3, -0.25) is 15.4 Å². The van der Waals surface area contributed by atoms with E-state index in [0.29, 0.717) is 29.7 Å². The van der Waals surface area contributed by atoms with Crippen LogP contribution in [0.3, 0.4) is 0 Å². The molecule has 24 heavy (non-hydrogen) atoms. The predicted molar refractivity (Wildman–Crippen MR) is 96.6 cm³/mol. The molecule has 9 heteroatoms. The van der Waals surface area contributed by atoms with Crippen LogP contribution in [0.1, 0.15) is 12.8 Å². The first-order valence-electron chi connectivity index (χ1n) is 8.19. The third-order valence-corrected chi connectivity index (χ3v) is 5.48. The van der Waals surface area contributed by atoms with E-state index < -0.39 is 0 Å². The highest BCUT2D eigenvalue weighted by Gasteiger charge is 2.40. The number of likely N-dealkylation sites (tertiary alicyclic amines) is 1. The molecule has 0 unspecified atom stereocenters. The predicted octanol–water partition coefficient (Wildman–Crippen LogP) is 1.17.